The SMILES string of the molecule is CCNCC1CCN(S(=O)(=O)c2c(Cl)cc(Cl)cc2Cl)CC1. The Morgan fingerprint density at radius 2 is 1.73 bits per heavy atom. The fourth-order valence-corrected chi connectivity index (χ4v) is 5.57. The van der Waals surface area contributed by atoms with Gasteiger partial charge in [0.25, 0.3) is 0 Å². The number of halogens is 3. The van der Waals surface area contributed by atoms with Gasteiger partial charge < -0.3 is 5.32 Å². The minimum absolute atomic E-state index is 0.0506. The Morgan fingerprint density at radius 3 is 2.23 bits per heavy atom. The zero-order valence-electron chi connectivity index (χ0n) is 12.3. The molecule has 0 aliphatic carbocycles. The molecule has 22 heavy (non-hydrogen) atoms. The third-order valence-corrected chi connectivity index (χ3v) is 6.86. The third kappa shape index (κ3) is 4.08. The molecule has 124 valence electrons. The van der Waals surface area contributed by atoms with Crippen LogP contribution in [-0.2, 0) is 10.0 Å². The molecule has 1 saturated heterocycles. The van der Waals surface area contributed by atoms with Gasteiger partial charge >= 0.3 is 0 Å². The van der Waals surface area contributed by atoms with Crippen LogP contribution in [-0.4, -0.2) is 38.9 Å². The Kier molecular flexibility index (Phi) is 6.39. The lowest BCUT2D eigenvalue weighted by Crippen LogP contribution is -2.40. The van der Waals surface area contributed by atoms with Crippen molar-refractivity contribution < 1.29 is 8.42 Å². The van der Waals surface area contributed by atoms with Gasteiger partial charge in [-0.25, -0.2) is 8.42 Å². The van der Waals surface area contributed by atoms with Gasteiger partial charge in [0.2, 0.25) is 10.0 Å². The summed E-state index contributed by atoms with van der Waals surface area (Å²) in [6.07, 6.45) is 1.66. The largest absolute Gasteiger partial charge is 0.317 e. The molecule has 1 aromatic rings. The minimum atomic E-state index is -3.69. The zero-order valence-corrected chi connectivity index (χ0v) is 15.4. The molecule has 1 aliphatic rings. The van der Waals surface area contributed by atoms with Crippen molar-refractivity contribution in [3.63, 3.8) is 0 Å². The average Bonchev–Trinajstić information content (AvgIpc) is 2.44. The highest BCUT2D eigenvalue weighted by molar-refractivity contribution is 7.89. The Morgan fingerprint density at radius 1 is 1.18 bits per heavy atom. The van der Waals surface area contributed by atoms with E-state index < -0.39 is 10.0 Å². The van der Waals surface area contributed by atoms with Crippen LogP contribution in [0.4, 0.5) is 0 Å². The van der Waals surface area contributed by atoms with E-state index in [9.17, 15) is 8.42 Å². The molecule has 1 heterocycles. The standard InChI is InChI=1S/C14H19Cl3N2O2S/c1-2-18-9-10-3-5-19(6-4-10)22(20,21)14-12(16)7-11(15)8-13(14)17/h7-8,10,18H,2-6,9H2,1H3. The fourth-order valence-electron chi connectivity index (χ4n) is 2.61. The number of hydrogen-bond acceptors (Lipinski definition) is 3. The number of sulfonamides is 1. The van der Waals surface area contributed by atoms with E-state index in [1.54, 1.807) is 0 Å². The summed E-state index contributed by atoms with van der Waals surface area (Å²) in [7, 11) is -3.69. The van der Waals surface area contributed by atoms with Crippen molar-refractivity contribution >= 4 is 44.8 Å². The van der Waals surface area contributed by atoms with Crippen molar-refractivity contribution in [2.24, 2.45) is 5.92 Å². The third-order valence-electron chi connectivity index (χ3n) is 3.82. The van der Waals surface area contributed by atoms with Crippen LogP contribution in [0, 0.1) is 5.92 Å². The molecule has 1 aromatic carbocycles. The van der Waals surface area contributed by atoms with Gasteiger partial charge in [0, 0.05) is 18.1 Å². The molecule has 4 nitrogen and oxygen atoms in total. The topological polar surface area (TPSA) is 49.4 Å². The van der Waals surface area contributed by atoms with Gasteiger partial charge in [-0.2, -0.15) is 4.31 Å². The molecule has 0 aromatic heterocycles. The second-order valence-electron chi connectivity index (χ2n) is 5.35. The number of hydrogen-bond donors (Lipinski definition) is 1. The lowest BCUT2D eigenvalue weighted by Gasteiger charge is -2.31. The average molecular weight is 386 g/mol. The van der Waals surface area contributed by atoms with Crippen molar-refractivity contribution in [1.29, 1.82) is 0 Å². The predicted molar refractivity (Wildman–Crippen MR) is 91.5 cm³/mol. The smallest absolute Gasteiger partial charge is 0.246 e. The molecule has 1 aliphatic heterocycles. The van der Waals surface area contributed by atoms with Crippen LogP contribution in [0.5, 0.6) is 0 Å². The van der Waals surface area contributed by atoms with Crippen molar-refractivity contribution in [2.45, 2.75) is 24.7 Å². The maximum absolute atomic E-state index is 12.8. The van der Waals surface area contributed by atoms with E-state index in [0.717, 1.165) is 25.9 Å². The lowest BCUT2D eigenvalue weighted by atomic mass is 9.98. The molecular formula is C14H19Cl3N2O2S. The van der Waals surface area contributed by atoms with Gasteiger partial charge in [-0.05, 0) is 44.0 Å². The molecule has 0 spiro atoms. The van der Waals surface area contributed by atoms with Crippen LogP contribution in [0.1, 0.15) is 19.8 Å². The highest BCUT2D eigenvalue weighted by atomic mass is 35.5. The van der Waals surface area contributed by atoms with Crippen molar-refractivity contribution in [1.82, 2.24) is 9.62 Å². The monoisotopic (exact) mass is 384 g/mol. The first-order valence-electron chi connectivity index (χ1n) is 7.21. The van der Waals surface area contributed by atoms with Crippen molar-refractivity contribution in [2.75, 3.05) is 26.2 Å². The second-order valence-corrected chi connectivity index (χ2v) is 8.48. The highest BCUT2D eigenvalue weighted by Crippen LogP contribution is 2.35. The van der Waals surface area contributed by atoms with Gasteiger partial charge in [0.05, 0.1) is 10.0 Å². The molecule has 8 heteroatoms. The lowest BCUT2D eigenvalue weighted by molar-refractivity contribution is 0.268. The van der Waals surface area contributed by atoms with Gasteiger partial charge in [0.1, 0.15) is 4.90 Å². The van der Waals surface area contributed by atoms with Gasteiger partial charge in [-0.1, -0.05) is 41.7 Å². The second kappa shape index (κ2) is 7.69. The summed E-state index contributed by atoms with van der Waals surface area (Å²) in [4.78, 5) is -0.0506. The van der Waals surface area contributed by atoms with E-state index in [-0.39, 0.29) is 14.9 Å². The van der Waals surface area contributed by atoms with E-state index in [1.807, 2.05) is 0 Å². The molecule has 2 rings (SSSR count). The quantitative estimate of drug-likeness (QED) is 0.841. The molecule has 1 fully saturated rings. The molecule has 1 N–H and O–H groups in total. The number of nitrogens with one attached hydrogen (secondary N) is 1. The van der Waals surface area contributed by atoms with Gasteiger partial charge in [0.15, 0.2) is 0 Å². The van der Waals surface area contributed by atoms with E-state index in [0.29, 0.717) is 24.0 Å². The predicted octanol–water partition coefficient (Wildman–Crippen LogP) is 3.66. The van der Waals surface area contributed by atoms with Crippen LogP contribution < -0.4 is 5.32 Å². The first kappa shape index (κ1) is 18.3. The number of piperidine rings is 1. The van der Waals surface area contributed by atoms with Gasteiger partial charge in [-0.3, -0.25) is 0 Å². The summed E-state index contributed by atoms with van der Waals surface area (Å²) in [5, 5.41) is 3.75. The summed E-state index contributed by atoms with van der Waals surface area (Å²) >= 11 is 17.9. The summed E-state index contributed by atoms with van der Waals surface area (Å²) in [6.45, 7) is 4.87. The molecule has 0 atom stereocenters. The van der Waals surface area contributed by atoms with Crippen LogP contribution in [0.2, 0.25) is 15.1 Å². The van der Waals surface area contributed by atoms with Crippen molar-refractivity contribution in [3.05, 3.63) is 27.2 Å². The van der Waals surface area contributed by atoms with Crippen LogP contribution in [0.25, 0.3) is 0 Å². The summed E-state index contributed by atoms with van der Waals surface area (Å²) < 4.78 is 27.0. The molecule has 0 bridgehead atoms. The van der Waals surface area contributed by atoms with Crippen LogP contribution in [0.15, 0.2) is 17.0 Å². The van der Waals surface area contributed by atoms with Gasteiger partial charge in [-0.15, -0.1) is 0 Å². The number of benzene rings is 1. The number of nitrogens with zero attached hydrogens (tertiary/aromatic N) is 1. The first-order chi connectivity index (χ1) is 10.4. The van der Waals surface area contributed by atoms with Crippen LogP contribution in [0.3, 0.4) is 0 Å². The maximum Gasteiger partial charge on any atom is 0.246 e. The van der Waals surface area contributed by atoms with Crippen LogP contribution >= 0.6 is 34.8 Å². The summed E-state index contributed by atoms with van der Waals surface area (Å²) in [6, 6.07) is 2.81. The molecular weight excluding hydrogens is 367 g/mol. The summed E-state index contributed by atoms with van der Waals surface area (Å²) in [5.41, 5.74) is 0. The normalized spacial score (nSPS) is 17.8. The first-order valence-corrected chi connectivity index (χ1v) is 9.79. The van der Waals surface area contributed by atoms with E-state index in [1.165, 1.54) is 16.4 Å². The molecule has 0 radical (unpaired) electrons. The Labute approximate surface area is 146 Å². The summed E-state index contributed by atoms with van der Waals surface area (Å²) in [5.74, 6) is 0.502. The Bertz CT molecular complexity index is 606. The highest BCUT2D eigenvalue weighted by Gasteiger charge is 2.32. The van der Waals surface area contributed by atoms with E-state index >= 15 is 0 Å². The molecule has 0 unspecified atom stereocenters. The maximum atomic E-state index is 12.8. The number of rotatable bonds is 5. The van der Waals surface area contributed by atoms with E-state index in [4.69, 9.17) is 34.8 Å². The molecule has 0 saturated carbocycles. The fraction of sp³-hybridized carbons (Fsp3) is 0.571. The zero-order chi connectivity index (χ0) is 16.3. The minimum Gasteiger partial charge on any atom is -0.317 e. The van der Waals surface area contributed by atoms with E-state index in [2.05, 4.69) is 12.2 Å². The Hall–Kier alpha value is -0.0400. The Balaban J connectivity index is 2.16. The molecule has 0 amide bonds. The van der Waals surface area contributed by atoms with Crippen molar-refractivity contribution in [3.8, 4) is 0 Å².